The molecule has 1 heterocycles. The number of para-hydroxylation sites is 1. The van der Waals surface area contributed by atoms with Crippen molar-refractivity contribution in [3.8, 4) is 11.1 Å². The van der Waals surface area contributed by atoms with Crippen LogP contribution in [-0.4, -0.2) is 4.98 Å². The fourth-order valence-corrected chi connectivity index (χ4v) is 2.76. The van der Waals surface area contributed by atoms with E-state index in [4.69, 9.17) is 0 Å². The largest absolute Gasteiger partial charge is 0.357 e. The smallest absolute Gasteiger partial charge is 0.189 e. The van der Waals surface area contributed by atoms with Gasteiger partial charge in [-0.25, -0.2) is 0 Å². The SMILES string of the molecule is O=c1cc(C2CC2)[nH]c2c(-c3ccccc3)cccc12. The Hall–Kier alpha value is -2.35. The molecular formula is C18H15NO. The zero-order valence-corrected chi connectivity index (χ0v) is 11.1. The average Bonchev–Trinajstić information content (AvgIpc) is 3.32. The van der Waals surface area contributed by atoms with E-state index in [1.165, 1.54) is 12.8 Å². The van der Waals surface area contributed by atoms with Gasteiger partial charge in [0.15, 0.2) is 5.43 Å². The Bertz CT molecular complexity index is 829. The highest BCUT2D eigenvalue weighted by atomic mass is 16.1. The second-order valence-corrected chi connectivity index (χ2v) is 5.46. The van der Waals surface area contributed by atoms with Crippen LogP contribution in [0.5, 0.6) is 0 Å². The molecule has 1 saturated carbocycles. The zero-order chi connectivity index (χ0) is 13.5. The molecular weight excluding hydrogens is 246 g/mol. The van der Waals surface area contributed by atoms with Crippen molar-refractivity contribution in [3.63, 3.8) is 0 Å². The Morgan fingerprint density at radius 2 is 1.75 bits per heavy atom. The van der Waals surface area contributed by atoms with Gasteiger partial charge < -0.3 is 4.98 Å². The number of H-pyrrole nitrogens is 1. The lowest BCUT2D eigenvalue weighted by atomic mass is 10.0. The monoisotopic (exact) mass is 261 g/mol. The summed E-state index contributed by atoms with van der Waals surface area (Å²) in [6, 6.07) is 17.9. The van der Waals surface area contributed by atoms with Crippen molar-refractivity contribution >= 4 is 10.9 Å². The zero-order valence-electron chi connectivity index (χ0n) is 11.1. The lowest BCUT2D eigenvalue weighted by Crippen LogP contribution is -2.05. The molecule has 0 unspecified atom stereocenters. The van der Waals surface area contributed by atoms with Gasteiger partial charge in [-0.15, -0.1) is 0 Å². The summed E-state index contributed by atoms with van der Waals surface area (Å²) in [5.74, 6) is 0.552. The molecule has 98 valence electrons. The summed E-state index contributed by atoms with van der Waals surface area (Å²) in [4.78, 5) is 15.8. The number of aromatic amines is 1. The second kappa shape index (κ2) is 4.34. The number of pyridine rings is 1. The molecule has 0 radical (unpaired) electrons. The van der Waals surface area contributed by atoms with Gasteiger partial charge in [-0.05, 0) is 30.4 Å². The van der Waals surface area contributed by atoms with Crippen LogP contribution in [-0.2, 0) is 0 Å². The summed E-state index contributed by atoms with van der Waals surface area (Å²) < 4.78 is 0. The Kier molecular flexibility index (Phi) is 2.49. The molecule has 1 aliphatic rings. The van der Waals surface area contributed by atoms with Crippen molar-refractivity contribution in [1.29, 1.82) is 0 Å². The third-order valence-corrected chi connectivity index (χ3v) is 3.99. The lowest BCUT2D eigenvalue weighted by molar-refractivity contribution is 1.04. The van der Waals surface area contributed by atoms with Gasteiger partial charge in [0, 0.05) is 22.7 Å². The minimum atomic E-state index is 0.124. The van der Waals surface area contributed by atoms with Crippen molar-refractivity contribution in [3.05, 3.63) is 70.5 Å². The number of hydrogen-bond donors (Lipinski definition) is 1. The highest BCUT2D eigenvalue weighted by Crippen LogP contribution is 2.39. The molecule has 3 aromatic rings. The standard InChI is InChI=1S/C18H15NO/c20-17-11-16(13-9-10-13)19-18-14(7-4-8-15(17)18)12-5-2-1-3-6-12/h1-8,11,13H,9-10H2,(H,19,20). The van der Waals surface area contributed by atoms with Crippen LogP contribution in [0.25, 0.3) is 22.0 Å². The lowest BCUT2D eigenvalue weighted by Gasteiger charge is -2.09. The fraction of sp³-hybridized carbons (Fsp3) is 0.167. The van der Waals surface area contributed by atoms with Crippen LogP contribution in [0, 0.1) is 0 Å². The molecule has 0 spiro atoms. The molecule has 2 nitrogen and oxygen atoms in total. The maximum Gasteiger partial charge on any atom is 0.189 e. The number of nitrogens with one attached hydrogen (secondary N) is 1. The second-order valence-electron chi connectivity index (χ2n) is 5.46. The topological polar surface area (TPSA) is 32.9 Å². The summed E-state index contributed by atoms with van der Waals surface area (Å²) in [6.45, 7) is 0. The van der Waals surface area contributed by atoms with Crippen molar-refractivity contribution in [2.45, 2.75) is 18.8 Å². The highest BCUT2D eigenvalue weighted by molar-refractivity contribution is 5.93. The van der Waals surface area contributed by atoms with Crippen LogP contribution in [0.3, 0.4) is 0 Å². The van der Waals surface area contributed by atoms with Crippen LogP contribution < -0.4 is 5.43 Å². The van der Waals surface area contributed by atoms with E-state index in [1.54, 1.807) is 6.07 Å². The molecule has 4 rings (SSSR count). The predicted octanol–water partition coefficient (Wildman–Crippen LogP) is 4.07. The average molecular weight is 261 g/mol. The van der Waals surface area contributed by atoms with Crippen LogP contribution in [0.15, 0.2) is 59.4 Å². The van der Waals surface area contributed by atoms with Crippen LogP contribution >= 0.6 is 0 Å². The number of aromatic nitrogens is 1. The van der Waals surface area contributed by atoms with Gasteiger partial charge in [0.25, 0.3) is 0 Å². The maximum absolute atomic E-state index is 12.3. The Labute approximate surface area is 117 Å². The molecule has 0 saturated heterocycles. The van der Waals surface area contributed by atoms with Crippen molar-refractivity contribution in [2.24, 2.45) is 0 Å². The minimum absolute atomic E-state index is 0.124. The summed E-state index contributed by atoms with van der Waals surface area (Å²) in [5, 5.41) is 0.774. The van der Waals surface area contributed by atoms with E-state index in [2.05, 4.69) is 23.2 Å². The van der Waals surface area contributed by atoms with Gasteiger partial charge >= 0.3 is 0 Å². The molecule has 0 amide bonds. The summed E-state index contributed by atoms with van der Waals surface area (Å²) in [5.41, 5.74) is 4.42. The van der Waals surface area contributed by atoms with Gasteiger partial charge in [0.1, 0.15) is 0 Å². The highest BCUT2D eigenvalue weighted by Gasteiger charge is 2.25. The summed E-state index contributed by atoms with van der Waals surface area (Å²) >= 11 is 0. The van der Waals surface area contributed by atoms with Gasteiger partial charge in [0.2, 0.25) is 0 Å². The maximum atomic E-state index is 12.3. The third-order valence-electron chi connectivity index (χ3n) is 3.99. The van der Waals surface area contributed by atoms with Gasteiger partial charge in [-0.1, -0.05) is 42.5 Å². The molecule has 20 heavy (non-hydrogen) atoms. The molecule has 1 aliphatic carbocycles. The normalized spacial score (nSPS) is 14.6. The Morgan fingerprint density at radius 3 is 2.50 bits per heavy atom. The van der Waals surface area contributed by atoms with Gasteiger partial charge in [0.05, 0.1) is 5.52 Å². The molecule has 0 bridgehead atoms. The van der Waals surface area contributed by atoms with Crippen LogP contribution in [0.2, 0.25) is 0 Å². The van der Waals surface area contributed by atoms with Gasteiger partial charge in [-0.3, -0.25) is 4.79 Å². The Balaban J connectivity index is 2.03. The molecule has 2 heteroatoms. The van der Waals surface area contributed by atoms with E-state index in [-0.39, 0.29) is 5.43 Å². The van der Waals surface area contributed by atoms with E-state index in [1.807, 2.05) is 30.3 Å². The van der Waals surface area contributed by atoms with Crippen molar-refractivity contribution in [1.82, 2.24) is 4.98 Å². The molecule has 2 aromatic carbocycles. The summed E-state index contributed by atoms with van der Waals surface area (Å²) in [7, 11) is 0. The predicted molar refractivity (Wildman–Crippen MR) is 82.0 cm³/mol. The molecule has 1 fully saturated rings. The third kappa shape index (κ3) is 1.85. The number of fused-ring (bicyclic) bond motifs is 1. The fourth-order valence-electron chi connectivity index (χ4n) is 2.76. The molecule has 1 N–H and O–H groups in total. The first-order valence-electron chi connectivity index (χ1n) is 7.04. The van der Waals surface area contributed by atoms with Crippen molar-refractivity contribution < 1.29 is 0 Å². The van der Waals surface area contributed by atoms with E-state index in [0.29, 0.717) is 5.92 Å². The molecule has 0 atom stereocenters. The first-order valence-corrected chi connectivity index (χ1v) is 7.04. The first kappa shape index (κ1) is 11.5. The van der Waals surface area contributed by atoms with E-state index >= 15 is 0 Å². The Morgan fingerprint density at radius 1 is 0.950 bits per heavy atom. The van der Waals surface area contributed by atoms with E-state index in [9.17, 15) is 4.79 Å². The molecule has 1 aromatic heterocycles. The molecule has 0 aliphatic heterocycles. The number of benzene rings is 2. The van der Waals surface area contributed by atoms with Gasteiger partial charge in [-0.2, -0.15) is 0 Å². The van der Waals surface area contributed by atoms with E-state index in [0.717, 1.165) is 27.7 Å². The number of rotatable bonds is 2. The summed E-state index contributed by atoms with van der Waals surface area (Å²) in [6.07, 6.45) is 2.38. The first-order chi connectivity index (χ1) is 9.83. The van der Waals surface area contributed by atoms with Crippen molar-refractivity contribution in [2.75, 3.05) is 0 Å². The quantitative estimate of drug-likeness (QED) is 0.741. The minimum Gasteiger partial charge on any atom is -0.357 e. The van der Waals surface area contributed by atoms with E-state index < -0.39 is 0 Å². The van der Waals surface area contributed by atoms with Crippen LogP contribution in [0.1, 0.15) is 24.5 Å². The van der Waals surface area contributed by atoms with Crippen LogP contribution in [0.4, 0.5) is 0 Å². The number of hydrogen-bond acceptors (Lipinski definition) is 1.